The van der Waals surface area contributed by atoms with Crippen LogP contribution in [0.15, 0.2) is 84.7 Å². The summed E-state index contributed by atoms with van der Waals surface area (Å²) in [6.07, 6.45) is 17.0. The molecule has 2 aliphatic heterocycles. The molecule has 11 heteroatoms. The molecule has 2 aromatic heterocycles. The van der Waals surface area contributed by atoms with Gasteiger partial charge in [-0.15, -0.1) is 0 Å². The van der Waals surface area contributed by atoms with E-state index in [-0.39, 0.29) is 42.7 Å². The third kappa shape index (κ3) is 9.74. The Bertz CT molecular complexity index is 2080. The van der Waals surface area contributed by atoms with Crippen LogP contribution in [0.1, 0.15) is 88.4 Å². The maximum atomic E-state index is 14.1. The molecule has 11 nitrogen and oxygen atoms in total. The van der Waals surface area contributed by atoms with Gasteiger partial charge in [-0.1, -0.05) is 37.6 Å². The largest absolute Gasteiger partial charge is 0.504 e. The number of esters is 1. The molecular weight excluding hydrogens is 709 g/mol. The van der Waals surface area contributed by atoms with E-state index in [4.69, 9.17) is 9.47 Å². The van der Waals surface area contributed by atoms with Crippen LogP contribution >= 0.6 is 0 Å². The lowest BCUT2D eigenvalue weighted by atomic mass is 9.85. The van der Waals surface area contributed by atoms with Gasteiger partial charge in [0.25, 0.3) is 0 Å². The molecule has 0 saturated heterocycles. The normalized spacial score (nSPS) is 21.0. The van der Waals surface area contributed by atoms with Gasteiger partial charge < -0.3 is 39.5 Å². The molecule has 0 amide bonds. The molecule has 0 spiro atoms. The van der Waals surface area contributed by atoms with Crippen molar-refractivity contribution in [2.45, 2.75) is 90.7 Å². The molecule has 4 heterocycles. The van der Waals surface area contributed by atoms with Gasteiger partial charge in [0.15, 0.2) is 11.5 Å². The first-order valence-electron chi connectivity index (χ1n) is 19.9. The number of rotatable bonds is 9. The fourth-order valence-corrected chi connectivity index (χ4v) is 8.31. The number of benzene rings is 2. The van der Waals surface area contributed by atoms with Crippen molar-refractivity contribution in [1.82, 2.24) is 14.9 Å². The molecule has 4 atom stereocenters. The average Bonchev–Trinajstić information content (AvgIpc) is 3.82. The Morgan fingerprint density at radius 2 is 1.80 bits per heavy atom. The number of aliphatic hydroxyl groups excluding tert-OH is 1. The van der Waals surface area contributed by atoms with Gasteiger partial charge in [0.2, 0.25) is 0 Å². The van der Waals surface area contributed by atoms with Gasteiger partial charge in [-0.3, -0.25) is 14.4 Å². The summed E-state index contributed by atoms with van der Waals surface area (Å²) in [5.41, 5.74) is 5.27. The topological polar surface area (TPSA) is 146 Å². The molecule has 4 aromatic rings. The Hall–Kier alpha value is -5.29. The molecular formula is C45H56N4O7. The Morgan fingerprint density at radius 1 is 1.00 bits per heavy atom. The van der Waals surface area contributed by atoms with Gasteiger partial charge in [0.1, 0.15) is 23.5 Å². The summed E-state index contributed by atoms with van der Waals surface area (Å²) in [4.78, 5) is 44.4. The zero-order valence-corrected chi connectivity index (χ0v) is 33.1. The molecule has 2 aromatic carbocycles. The smallest absolute Gasteiger partial charge is 0.302 e. The Morgan fingerprint density at radius 3 is 2.54 bits per heavy atom. The van der Waals surface area contributed by atoms with Gasteiger partial charge in [0, 0.05) is 81.4 Å². The van der Waals surface area contributed by atoms with Crippen molar-refractivity contribution in [3.05, 3.63) is 101 Å². The molecule has 0 fully saturated rings. The van der Waals surface area contributed by atoms with Crippen LogP contribution in [0.3, 0.4) is 0 Å². The summed E-state index contributed by atoms with van der Waals surface area (Å²) >= 11 is 0. The number of phenols is 1. The molecule has 4 bridgehead atoms. The Labute approximate surface area is 329 Å². The van der Waals surface area contributed by atoms with Crippen LogP contribution < -0.4 is 15.0 Å². The predicted octanol–water partition coefficient (Wildman–Crippen LogP) is 7.31. The van der Waals surface area contributed by atoms with Crippen LogP contribution in [0.25, 0.3) is 10.8 Å². The molecule has 0 saturated carbocycles. The van der Waals surface area contributed by atoms with E-state index in [2.05, 4.69) is 52.7 Å². The number of Topliss-reactive ketones (excluding diaryl/α,β-unsaturated/α-hetero) is 2. The number of aliphatic hydroxyl groups is 1. The van der Waals surface area contributed by atoms with Crippen LogP contribution in [-0.4, -0.2) is 70.2 Å². The fourth-order valence-electron chi connectivity index (χ4n) is 8.31. The standard InChI is InChI=1S/C45H56N4O7/c1-5-31-9-11-39(56-30(3)52)23-38(53)24-42(34-10-12-43(54)44(21-34)55-4)48-27-35-7-6-8-41(40(35)28-48)49(17-14-29(2)51)45-22-32(13-16-47-45)33(15-18-50)20-37-26-46-25-36(37)19-31/h6-8,10,12-13,21-22,25-28,31,33,39,42,46-47,50,54H,5,9,11,14-20,23-24H2,1-4H3/t31-,33-,39-,42-/m1/s1. The van der Waals surface area contributed by atoms with Crippen LogP contribution in [0.4, 0.5) is 5.69 Å². The van der Waals surface area contributed by atoms with E-state index in [0.29, 0.717) is 44.0 Å². The molecule has 56 heavy (non-hydrogen) atoms. The van der Waals surface area contributed by atoms with Crippen LogP contribution in [-0.2, 0) is 32.0 Å². The highest BCUT2D eigenvalue weighted by molar-refractivity contribution is 5.95. The van der Waals surface area contributed by atoms with Crippen molar-refractivity contribution >= 4 is 34.0 Å². The highest BCUT2D eigenvalue weighted by Gasteiger charge is 2.27. The number of carbonyl (C=O) groups excluding carboxylic acids is 3. The number of aromatic nitrogens is 2. The Balaban J connectivity index is 1.49. The highest BCUT2D eigenvalue weighted by Crippen LogP contribution is 2.37. The van der Waals surface area contributed by atoms with E-state index in [1.165, 1.54) is 25.2 Å². The number of carbonyl (C=O) groups is 3. The maximum Gasteiger partial charge on any atom is 0.302 e. The van der Waals surface area contributed by atoms with E-state index in [0.717, 1.165) is 59.1 Å². The number of H-pyrrole nitrogens is 1. The number of dihydropyridines is 1. The van der Waals surface area contributed by atoms with E-state index >= 15 is 0 Å². The summed E-state index contributed by atoms with van der Waals surface area (Å²) in [6.45, 7) is 6.28. The first kappa shape index (κ1) is 40.4. The number of methoxy groups -OCH3 is 1. The summed E-state index contributed by atoms with van der Waals surface area (Å²) in [6, 6.07) is 10.8. The van der Waals surface area contributed by atoms with Crippen molar-refractivity contribution in [2.24, 2.45) is 11.8 Å². The van der Waals surface area contributed by atoms with Crippen LogP contribution in [0.5, 0.6) is 11.5 Å². The number of anilines is 1. The number of aromatic hydroxyl groups is 1. The number of ether oxygens (including phenoxy) is 2. The van der Waals surface area contributed by atoms with Crippen molar-refractivity contribution in [1.29, 1.82) is 0 Å². The first-order valence-corrected chi connectivity index (χ1v) is 19.9. The third-order valence-electron chi connectivity index (χ3n) is 11.4. The van der Waals surface area contributed by atoms with Crippen molar-refractivity contribution in [3.8, 4) is 11.5 Å². The van der Waals surface area contributed by atoms with E-state index in [9.17, 15) is 24.6 Å². The molecule has 6 rings (SSSR count). The number of fused-ring (bicyclic) bond motifs is 3. The molecule has 2 aliphatic rings. The zero-order valence-electron chi connectivity index (χ0n) is 33.1. The minimum Gasteiger partial charge on any atom is -0.504 e. The molecule has 0 aliphatic carbocycles. The van der Waals surface area contributed by atoms with Crippen LogP contribution in [0, 0.1) is 11.8 Å². The number of hydrogen-bond acceptors (Lipinski definition) is 9. The lowest BCUT2D eigenvalue weighted by molar-refractivity contribution is -0.148. The molecule has 0 radical (unpaired) electrons. The summed E-state index contributed by atoms with van der Waals surface area (Å²) in [5.74, 6) is 1.18. The average molecular weight is 765 g/mol. The maximum absolute atomic E-state index is 14.1. The fraction of sp³-hybridized carbons (Fsp3) is 0.444. The monoisotopic (exact) mass is 764 g/mol. The van der Waals surface area contributed by atoms with E-state index in [1.807, 2.05) is 29.1 Å². The van der Waals surface area contributed by atoms with Crippen LogP contribution in [0.2, 0.25) is 0 Å². The third-order valence-corrected chi connectivity index (χ3v) is 11.4. The van der Waals surface area contributed by atoms with Gasteiger partial charge >= 0.3 is 5.97 Å². The zero-order chi connectivity index (χ0) is 39.8. The highest BCUT2D eigenvalue weighted by atomic mass is 16.5. The first-order chi connectivity index (χ1) is 27.1. The van der Waals surface area contributed by atoms with Crippen molar-refractivity contribution in [3.63, 3.8) is 0 Å². The quantitative estimate of drug-likeness (QED) is 0.129. The number of ketones is 2. The van der Waals surface area contributed by atoms with Gasteiger partial charge in [-0.25, -0.2) is 0 Å². The van der Waals surface area contributed by atoms with Gasteiger partial charge in [-0.2, -0.15) is 0 Å². The van der Waals surface area contributed by atoms with Crippen molar-refractivity contribution < 1.29 is 34.1 Å². The van der Waals surface area contributed by atoms with E-state index in [1.54, 1.807) is 25.1 Å². The SMILES string of the molecule is CC[C@@H]1CC[C@@H](OC(C)=O)CC(=O)C[C@H](c2ccc(O)c(OC)c2)n2cc3cccc(c3c2)N(CCC(C)=O)C2=CC(=CCN2)[C@H](CCO)Cc2c[nH]cc2C1. The molecule has 4 N–H and O–H groups in total. The second kappa shape index (κ2) is 18.6. The number of phenolic OH excluding ortho intramolecular Hbond substituents is 1. The predicted molar refractivity (Wildman–Crippen MR) is 218 cm³/mol. The Kier molecular flexibility index (Phi) is 13.4. The lowest BCUT2D eigenvalue weighted by Gasteiger charge is -2.32. The number of nitrogens with zero attached hydrogens (tertiary/aromatic N) is 2. The number of allylic oxidation sites excluding steroid dienone is 2. The lowest BCUT2D eigenvalue weighted by Crippen LogP contribution is -2.36. The summed E-state index contributed by atoms with van der Waals surface area (Å²) in [7, 11) is 1.50. The second-order valence-corrected chi connectivity index (χ2v) is 15.3. The molecule has 0 unspecified atom stereocenters. The van der Waals surface area contributed by atoms with Gasteiger partial charge in [-0.05, 0) is 97.4 Å². The second-order valence-electron chi connectivity index (χ2n) is 15.3. The van der Waals surface area contributed by atoms with Gasteiger partial charge in [0.05, 0.1) is 18.8 Å². The van der Waals surface area contributed by atoms with E-state index < -0.39 is 18.1 Å². The summed E-state index contributed by atoms with van der Waals surface area (Å²) < 4.78 is 13.3. The summed E-state index contributed by atoms with van der Waals surface area (Å²) in [5, 5.41) is 26.2. The number of nitrogens with one attached hydrogen (secondary N) is 2. The van der Waals surface area contributed by atoms with Crippen molar-refractivity contribution in [2.75, 3.05) is 31.7 Å². The number of hydrogen-bond donors (Lipinski definition) is 4. The molecule has 298 valence electrons. The minimum absolute atomic E-state index is 0.00131. The number of aromatic amines is 1. The minimum atomic E-state index is -0.561.